The maximum Gasteiger partial charge on any atom is 0.187 e. The number of hydrogen-bond acceptors (Lipinski definition) is 2. The second kappa shape index (κ2) is 4.83. The number of likely N-dealkylation sites (tertiary alicyclic amines) is 1. The van der Waals surface area contributed by atoms with Crippen LogP contribution in [0.4, 0.5) is 5.69 Å². The van der Waals surface area contributed by atoms with E-state index >= 15 is 0 Å². The van der Waals surface area contributed by atoms with Crippen LogP contribution in [0.2, 0.25) is 0 Å². The Balaban J connectivity index is 2.06. The lowest BCUT2D eigenvalue weighted by molar-refractivity contribution is -0.121. The first-order valence-corrected chi connectivity index (χ1v) is 7.80. The van der Waals surface area contributed by atoms with E-state index in [0.29, 0.717) is 5.69 Å². The Labute approximate surface area is 127 Å². The van der Waals surface area contributed by atoms with E-state index in [9.17, 15) is 5.11 Å². The average molecular weight is 284 g/mol. The van der Waals surface area contributed by atoms with Crippen molar-refractivity contribution in [2.75, 3.05) is 20.1 Å². The van der Waals surface area contributed by atoms with Crippen molar-refractivity contribution in [3.05, 3.63) is 40.7 Å². The lowest BCUT2D eigenvalue weighted by Gasteiger charge is -2.46. The second-order valence-corrected chi connectivity index (χ2v) is 7.36. The molecule has 1 aromatic rings. The molecule has 1 aliphatic carbocycles. The normalized spacial score (nSPS) is 29.1. The van der Waals surface area contributed by atoms with Gasteiger partial charge in [0.05, 0.1) is 12.2 Å². The number of nitrogens with zero attached hydrogens (tertiary/aromatic N) is 2. The summed E-state index contributed by atoms with van der Waals surface area (Å²) >= 11 is 0. The maximum atomic E-state index is 11.7. The topological polar surface area (TPSA) is 27.8 Å². The van der Waals surface area contributed by atoms with E-state index in [1.165, 1.54) is 5.56 Å². The Morgan fingerprint density at radius 2 is 1.95 bits per heavy atom. The van der Waals surface area contributed by atoms with Crippen molar-refractivity contribution >= 4 is 5.69 Å². The van der Waals surface area contributed by atoms with Crippen molar-refractivity contribution in [1.29, 1.82) is 0 Å². The number of piperidine rings is 1. The van der Waals surface area contributed by atoms with Crippen LogP contribution in [0.5, 0.6) is 0 Å². The molecule has 3 nitrogen and oxygen atoms in total. The van der Waals surface area contributed by atoms with Crippen LogP contribution < -0.4 is 0 Å². The van der Waals surface area contributed by atoms with Gasteiger partial charge in [-0.2, -0.15) is 0 Å². The number of rotatable bonds is 1. The van der Waals surface area contributed by atoms with Crippen molar-refractivity contribution in [2.45, 2.75) is 38.7 Å². The molecule has 0 aromatic heterocycles. The van der Waals surface area contributed by atoms with Crippen LogP contribution in [0.15, 0.2) is 18.2 Å². The molecule has 1 fully saturated rings. The van der Waals surface area contributed by atoms with Gasteiger partial charge in [0.15, 0.2) is 5.69 Å². The van der Waals surface area contributed by atoms with Crippen LogP contribution in [0.25, 0.3) is 4.85 Å². The average Bonchev–Trinajstić information content (AvgIpc) is 2.67. The fraction of sp³-hybridized carbons (Fsp3) is 0.611. The first-order valence-electron chi connectivity index (χ1n) is 7.80. The molecule has 0 bridgehead atoms. The molecule has 3 rings (SSSR count). The van der Waals surface area contributed by atoms with Gasteiger partial charge in [0, 0.05) is 5.41 Å². The standard InChI is InChI=1S/C18H24N2O/c1-17(2)12-13-5-6-15(19-3)11-16(13)18(17,21)14-7-9-20(4)10-8-14/h5-6,11,14,21H,7-10,12H2,1-2,4H3. The van der Waals surface area contributed by atoms with E-state index in [1.54, 1.807) is 0 Å². The molecular weight excluding hydrogens is 260 g/mol. The summed E-state index contributed by atoms with van der Waals surface area (Å²) in [5.41, 5.74) is 1.89. The number of fused-ring (bicyclic) bond motifs is 1. The molecule has 0 amide bonds. The smallest absolute Gasteiger partial charge is 0.187 e. The molecule has 2 aliphatic rings. The third kappa shape index (κ3) is 2.09. The molecular formula is C18H24N2O. The molecule has 0 radical (unpaired) electrons. The zero-order chi connectivity index (χ0) is 15.3. The highest BCUT2D eigenvalue weighted by atomic mass is 16.3. The first kappa shape index (κ1) is 14.6. The zero-order valence-corrected chi connectivity index (χ0v) is 13.2. The minimum atomic E-state index is -0.801. The van der Waals surface area contributed by atoms with E-state index in [0.717, 1.165) is 37.9 Å². The van der Waals surface area contributed by atoms with Crippen molar-refractivity contribution < 1.29 is 5.11 Å². The molecule has 1 saturated heterocycles. The monoisotopic (exact) mass is 284 g/mol. The maximum absolute atomic E-state index is 11.7. The molecule has 1 aromatic carbocycles. The summed E-state index contributed by atoms with van der Waals surface area (Å²) in [7, 11) is 2.14. The highest BCUT2D eigenvalue weighted by molar-refractivity contribution is 5.54. The second-order valence-electron chi connectivity index (χ2n) is 7.36. The quantitative estimate of drug-likeness (QED) is 0.801. The van der Waals surface area contributed by atoms with Crippen molar-refractivity contribution in [2.24, 2.45) is 11.3 Å². The van der Waals surface area contributed by atoms with Crippen LogP contribution in [-0.4, -0.2) is 30.1 Å². The molecule has 1 N–H and O–H groups in total. The Morgan fingerprint density at radius 3 is 2.57 bits per heavy atom. The zero-order valence-electron chi connectivity index (χ0n) is 13.2. The lowest BCUT2D eigenvalue weighted by atomic mass is 9.65. The summed E-state index contributed by atoms with van der Waals surface area (Å²) in [5.74, 6) is 0.283. The molecule has 0 saturated carbocycles. The Morgan fingerprint density at radius 1 is 1.29 bits per heavy atom. The summed E-state index contributed by atoms with van der Waals surface area (Å²) in [6, 6.07) is 5.84. The van der Waals surface area contributed by atoms with E-state index in [-0.39, 0.29) is 11.3 Å². The fourth-order valence-electron chi connectivity index (χ4n) is 4.32. The Kier molecular flexibility index (Phi) is 3.35. The minimum Gasteiger partial charge on any atom is -0.384 e. The minimum absolute atomic E-state index is 0.170. The molecule has 1 heterocycles. The molecule has 1 atom stereocenters. The molecule has 21 heavy (non-hydrogen) atoms. The third-order valence-corrected chi connectivity index (χ3v) is 5.61. The van der Waals surface area contributed by atoms with Crippen molar-refractivity contribution in [3.8, 4) is 0 Å². The number of benzene rings is 1. The van der Waals surface area contributed by atoms with Crippen molar-refractivity contribution in [3.63, 3.8) is 0 Å². The predicted molar refractivity (Wildman–Crippen MR) is 84.3 cm³/mol. The van der Waals surface area contributed by atoms with Gasteiger partial charge >= 0.3 is 0 Å². The van der Waals surface area contributed by atoms with E-state index in [1.807, 2.05) is 18.2 Å². The van der Waals surface area contributed by atoms with Crippen LogP contribution in [0, 0.1) is 17.9 Å². The van der Waals surface area contributed by atoms with Gasteiger partial charge in [-0.3, -0.25) is 0 Å². The fourth-order valence-corrected chi connectivity index (χ4v) is 4.32. The Bertz CT molecular complexity index is 594. The highest BCUT2D eigenvalue weighted by Gasteiger charge is 2.55. The summed E-state index contributed by atoms with van der Waals surface area (Å²) in [4.78, 5) is 5.88. The predicted octanol–water partition coefficient (Wildman–Crippen LogP) is 3.35. The molecule has 1 aliphatic heterocycles. The van der Waals surface area contributed by atoms with E-state index in [4.69, 9.17) is 6.57 Å². The van der Waals surface area contributed by atoms with Crippen LogP contribution in [0.1, 0.15) is 37.8 Å². The van der Waals surface area contributed by atoms with Gasteiger partial charge in [-0.1, -0.05) is 32.0 Å². The summed E-state index contributed by atoms with van der Waals surface area (Å²) in [5, 5.41) is 11.7. The molecule has 112 valence electrons. The van der Waals surface area contributed by atoms with Crippen LogP contribution in [0.3, 0.4) is 0 Å². The van der Waals surface area contributed by atoms with Gasteiger partial charge in [0.25, 0.3) is 0 Å². The van der Waals surface area contributed by atoms with E-state index < -0.39 is 5.60 Å². The van der Waals surface area contributed by atoms with Gasteiger partial charge in [-0.25, -0.2) is 4.85 Å². The van der Waals surface area contributed by atoms with Gasteiger partial charge in [-0.05, 0) is 56.4 Å². The Hall–Kier alpha value is -1.37. The summed E-state index contributed by atoms with van der Waals surface area (Å²) in [6.07, 6.45) is 2.94. The summed E-state index contributed by atoms with van der Waals surface area (Å²) in [6.45, 7) is 13.7. The number of hydrogen-bond donors (Lipinski definition) is 1. The number of aliphatic hydroxyl groups is 1. The molecule has 3 heteroatoms. The van der Waals surface area contributed by atoms with Gasteiger partial charge < -0.3 is 10.0 Å². The van der Waals surface area contributed by atoms with Crippen LogP contribution in [-0.2, 0) is 12.0 Å². The first-order chi connectivity index (χ1) is 9.88. The molecule has 1 unspecified atom stereocenters. The molecule has 0 spiro atoms. The third-order valence-electron chi connectivity index (χ3n) is 5.61. The SMILES string of the molecule is [C-]#[N+]c1ccc2c(c1)C(O)(C1CCN(C)CC1)C(C)(C)C2. The van der Waals surface area contributed by atoms with Gasteiger partial charge in [-0.15, -0.1) is 0 Å². The highest BCUT2D eigenvalue weighted by Crippen LogP contribution is 2.56. The largest absolute Gasteiger partial charge is 0.384 e. The van der Waals surface area contributed by atoms with E-state index in [2.05, 4.69) is 30.6 Å². The van der Waals surface area contributed by atoms with Crippen molar-refractivity contribution in [1.82, 2.24) is 4.90 Å². The lowest BCUT2D eigenvalue weighted by Crippen LogP contribution is -2.49. The van der Waals surface area contributed by atoms with Gasteiger partial charge in [0.2, 0.25) is 0 Å². The van der Waals surface area contributed by atoms with Crippen LogP contribution >= 0.6 is 0 Å². The van der Waals surface area contributed by atoms with Gasteiger partial charge in [0.1, 0.15) is 0 Å². The summed E-state index contributed by atoms with van der Waals surface area (Å²) < 4.78 is 0.